The molecule has 0 spiro atoms. The first kappa shape index (κ1) is 12.6. The van der Waals surface area contributed by atoms with Crippen LogP contribution in [0.25, 0.3) is 0 Å². The minimum absolute atomic E-state index is 0.214. The number of aryl methyl sites for hydroxylation is 1. The van der Waals surface area contributed by atoms with Crippen LogP contribution in [0.3, 0.4) is 0 Å². The third-order valence-corrected chi connectivity index (χ3v) is 3.84. The fraction of sp³-hybridized carbons (Fsp3) is 0.600. The summed E-state index contributed by atoms with van der Waals surface area (Å²) in [6.07, 6.45) is 2.90. The third kappa shape index (κ3) is 2.88. The van der Waals surface area contributed by atoms with E-state index in [-0.39, 0.29) is 12.1 Å². The molecule has 2 rings (SSSR count). The Bertz CT molecular complexity index is 364. The number of aliphatic hydroxyl groups excluding tert-OH is 1. The Morgan fingerprint density at radius 3 is 2.88 bits per heavy atom. The largest absolute Gasteiger partial charge is 0.387 e. The zero-order chi connectivity index (χ0) is 12.3. The summed E-state index contributed by atoms with van der Waals surface area (Å²) in [5.74, 6) is 0.713. The summed E-state index contributed by atoms with van der Waals surface area (Å²) in [5.41, 5.74) is 2.36. The van der Waals surface area contributed by atoms with E-state index < -0.39 is 0 Å². The fourth-order valence-corrected chi connectivity index (χ4v) is 2.75. The van der Waals surface area contributed by atoms with E-state index in [0.717, 1.165) is 24.9 Å². The van der Waals surface area contributed by atoms with Crippen molar-refractivity contribution >= 4 is 0 Å². The number of hydrogen-bond donors (Lipinski definition) is 2. The summed E-state index contributed by atoms with van der Waals surface area (Å²) in [4.78, 5) is 0. The molecule has 1 aliphatic heterocycles. The smallest absolute Gasteiger partial charge is 0.0945 e. The van der Waals surface area contributed by atoms with Gasteiger partial charge < -0.3 is 10.4 Å². The van der Waals surface area contributed by atoms with Gasteiger partial charge in [0, 0.05) is 6.04 Å². The van der Waals surface area contributed by atoms with Crippen LogP contribution >= 0.6 is 0 Å². The normalized spacial score (nSPS) is 26.8. The van der Waals surface area contributed by atoms with Crippen molar-refractivity contribution in [2.24, 2.45) is 5.92 Å². The SMILES string of the molecule is CCc1ccccc1C(O)C1CC(C)CCN1. The molecule has 17 heavy (non-hydrogen) atoms. The van der Waals surface area contributed by atoms with Crippen molar-refractivity contribution in [2.45, 2.75) is 45.3 Å². The molecule has 1 aliphatic rings. The van der Waals surface area contributed by atoms with Gasteiger partial charge in [-0.25, -0.2) is 0 Å². The summed E-state index contributed by atoms with van der Waals surface area (Å²) in [5, 5.41) is 14.0. The number of aliphatic hydroxyl groups is 1. The number of rotatable bonds is 3. The molecule has 2 heteroatoms. The maximum atomic E-state index is 10.5. The molecule has 0 radical (unpaired) electrons. The van der Waals surface area contributed by atoms with Crippen LogP contribution in [0.15, 0.2) is 24.3 Å². The summed E-state index contributed by atoms with van der Waals surface area (Å²) in [6, 6.07) is 8.46. The number of hydrogen-bond acceptors (Lipinski definition) is 2. The van der Waals surface area contributed by atoms with Gasteiger partial charge in [0.25, 0.3) is 0 Å². The second-order valence-corrected chi connectivity index (χ2v) is 5.19. The molecule has 1 aromatic carbocycles. The molecule has 0 saturated carbocycles. The number of nitrogens with one attached hydrogen (secondary N) is 1. The van der Waals surface area contributed by atoms with Crippen LogP contribution in [0.1, 0.15) is 43.9 Å². The van der Waals surface area contributed by atoms with E-state index in [4.69, 9.17) is 0 Å². The molecule has 3 atom stereocenters. The van der Waals surface area contributed by atoms with Crippen molar-refractivity contribution in [3.8, 4) is 0 Å². The Hall–Kier alpha value is -0.860. The molecule has 94 valence electrons. The molecule has 1 fully saturated rings. The lowest BCUT2D eigenvalue weighted by atomic mass is 9.87. The van der Waals surface area contributed by atoms with Crippen LogP contribution < -0.4 is 5.32 Å². The van der Waals surface area contributed by atoms with E-state index in [2.05, 4.69) is 31.3 Å². The summed E-state index contributed by atoms with van der Waals surface area (Å²) in [6.45, 7) is 5.44. The van der Waals surface area contributed by atoms with Crippen molar-refractivity contribution in [1.29, 1.82) is 0 Å². The van der Waals surface area contributed by atoms with Gasteiger partial charge in [0.1, 0.15) is 0 Å². The number of piperidine rings is 1. The molecule has 0 aromatic heterocycles. The molecule has 2 nitrogen and oxygen atoms in total. The predicted molar refractivity (Wildman–Crippen MR) is 71.0 cm³/mol. The molecule has 1 saturated heterocycles. The monoisotopic (exact) mass is 233 g/mol. The first-order valence-electron chi connectivity index (χ1n) is 6.71. The van der Waals surface area contributed by atoms with Gasteiger partial charge in [-0.1, -0.05) is 38.1 Å². The lowest BCUT2D eigenvalue weighted by molar-refractivity contribution is 0.101. The quantitative estimate of drug-likeness (QED) is 0.841. The molecule has 0 bridgehead atoms. The fourth-order valence-electron chi connectivity index (χ4n) is 2.75. The average molecular weight is 233 g/mol. The van der Waals surface area contributed by atoms with Crippen molar-refractivity contribution in [2.75, 3.05) is 6.54 Å². The average Bonchev–Trinajstić information content (AvgIpc) is 2.38. The van der Waals surface area contributed by atoms with Gasteiger partial charge in [-0.3, -0.25) is 0 Å². The molecule has 2 N–H and O–H groups in total. The van der Waals surface area contributed by atoms with E-state index in [1.165, 1.54) is 12.0 Å². The van der Waals surface area contributed by atoms with Gasteiger partial charge in [0.05, 0.1) is 6.10 Å². The van der Waals surface area contributed by atoms with E-state index in [1.807, 2.05) is 12.1 Å². The molecule has 0 aliphatic carbocycles. The summed E-state index contributed by atoms with van der Waals surface area (Å²) in [7, 11) is 0. The lowest BCUT2D eigenvalue weighted by Gasteiger charge is -2.32. The zero-order valence-corrected chi connectivity index (χ0v) is 10.8. The lowest BCUT2D eigenvalue weighted by Crippen LogP contribution is -2.41. The van der Waals surface area contributed by atoms with Crippen molar-refractivity contribution < 1.29 is 5.11 Å². The summed E-state index contributed by atoms with van der Waals surface area (Å²) < 4.78 is 0. The summed E-state index contributed by atoms with van der Waals surface area (Å²) >= 11 is 0. The van der Waals surface area contributed by atoms with Crippen LogP contribution in [0.4, 0.5) is 0 Å². The van der Waals surface area contributed by atoms with E-state index in [1.54, 1.807) is 0 Å². The Morgan fingerprint density at radius 2 is 2.18 bits per heavy atom. The Kier molecular flexibility index (Phi) is 4.19. The molecular formula is C15H23NO. The molecule has 1 heterocycles. The standard InChI is InChI=1S/C15H23NO/c1-3-12-6-4-5-7-13(12)15(17)14-10-11(2)8-9-16-14/h4-7,11,14-17H,3,8-10H2,1-2H3. The maximum Gasteiger partial charge on any atom is 0.0945 e. The molecule has 0 amide bonds. The third-order valence-electron chi connectivity index (χ3n) is 3.84. The van der Waals surface area contributed by atoms with Crippen LogP contribution in [0, 0.1) is 5.92 Å². The van der Waals surface area contributed by atoms with Gasteiger partial charge in [0.2, 0.25) is 0 Å². The highest BCUT2D eigenvalue weighted by Crippen LogP contribution is 2.27. The van der Waals surface area contributed by atoms with Gasteiger partial charge >= 0.3 is 0 Å². The second-order valence-electron chi connectivity index (χ2n) is 5.19. The van der Waals surface area contributed by atoms with Crippen LogP contribution in [-0.4, -0.2) is 17.7 Å². The highest BCUT2D eigenvalue weighted by atomic mass is 16.3. The predicted octanol–water partition coefficient (Wildman–Crippen LogP) is 2.67. The number of benzene rings is 1. The van der Waals surface area contributed by atoms with Gasteiger partial charge in [-0.2, -0.15) is 0 Å². The van der Waals surface area contributed by atoms with Gasteiger partial charge in [0.15, 0.2) is 0 Å². The Balaban J connectivity index is 2.15. The Labute approximate surface area is 104 Å². The molecule has 3 unspecified atom stereocenters. The zero-order valence-electron chi connectivity index (χ0n) is 10.8. The second kappa shape index (κ2) is 5.65. The van der Waals surface area contributed by atoms with Crippen LogP contribution in [0.5, 0.6) is 0 Å². The first-order valence-corrected chi connectivity index (χ1v) is 6.71. The Morgan fingerprint density at radius 1 is 1.41 bits per heavy atom. The molecular weight excluding hydrogens is 210 g/mol. The highest BCUT2D eigenvalue weighted by Gasteiger charge is 2.26. The van der Waals surface area contributed by atoms with E-state index in [9.17, 15) is 5.11 Å². The van der Waals surface area contributed by atoms with Crippen molar-refractivity contribution in [3.05, 3.63) is 35.4 Å². The van der Waals surface area contributed by atoms with Gasteiger partial charge in [-0.15, -0.1) is 0 Å². The molecule has 1 aromatic rings. The van der Waals surface area contributed by atoms with Gasteiger partial charge in [-0.05, 0) is 42.9 Å². The maximum absolute atomic E-state index is 10.5. The van der Waals surface area contributed by atoms with Crippen molar-refractivity contribution in [1.82, 2.24) is 5.32 Å². The van der Waals surface area contributed by atoms with Crippen LogP contribution in [0.2, 0.25) is 0 Å². The van der Waals surface area contributed by atoms with E-state index in [0.29, 0.717) is 5.92 Å². The highest BCUT2D eigenvalue weighted by molar-refractivity contribution is 5.30. The minimum atomic E-state index is -0.367. The first-order chi connectivity index (χ1) is 8.22. The van der Waals surface area contributed by atoms with Crippen LogP contribution in [-0.2, 0) is 6.42 Å². The topological polar surface area (TPSA) is 32.3 Å². The van der Waals surface area contributed by atoms with Crippen molar-refractivity contribution in [3.63, 3.8) is 0 Å². The van der Waals surface area contributed by atoms with E-state index >= 15 is 0 Å². The minimum Gasteiger partial charge on any atom is -0.387 e.